The molecule has 1 rings (SSSR count). The molecule has 1 aliphatic rings. The summed E-state index contributed by atoms with van der Waals surface area (Å²) in [4.78, 5) is 10.4. The van der Waals surface area contributed by atoms with E-state index in [9.17, 15) is 13.2 Å². The lowest BCUT2D eigenvalue weighted by molar-refractivity contribution is -0.119. The van der Waals surface area contributed by atoms with Gasteiger partial charge in [0, 0.05) is 6.42 Å². The summed E-state index contributed by atoms with van der Waals surface area (Å²) in [6, 6.07) is 0. The molecule has 0 aromatic heterocycles. The normalized spacial score (nSPS) is 18.3. The van der Waals surface area contributed by atoms with Crippen molar-refractivity contribution in [2.75, 3.05) is 5.75 Å². The quantitative estimate of drug-likeness (QED) is 0.653. The van der Waals surface area contributed by atoms with Gasteiger partial charge in [0.15, 0.2) is 0 Å². The highest BCUT2D eigenvalue weighted by molar-refractivity contribution is 7.90. The molecule has 4 nitrogen and oxygen atoms in total. The van der Waals surface area contributed by atoms with Crippen LogP contribution in [0.5, 0.6) is 0 Å². The van der Waals surface area contributed by atoms with Crippen molar-refractivity contribution < 1.29 is 13.2 Å². The lowest BCUT2D eigenvalue weighted by Gasteiger charge is -2.10. The van der Waals surface area contributed by atoms with Gasteiger partial charge in [-0.1, -0.05) is 27.7 Å². The van der Waals surface area contributed by atoms with E-state index in [0.717, 1.165) is 0 Å². The van der Waals surface area contributed by atoms with Crippen molar-refractivity contribution in [2.24, 2.45) is 0 Å². The largest absolute Gasteiger partial charge is 0.274 e. The lowest BCUT2D eigenvalue weighted by atomic mass is 10.3. The van der Waals surface area contributed by atoms with Crippen LogP contribution in [0.2, 0.25) is 0 Å². The van der Waals surface area contributed by atoms with Gasteiger partial charge >= 0.3 is 0 Å². The first-order valence-electron chi connectivity index (χ1n) is 4.63. The zero-order valence-electron chi connectivity index (χ0n) is 8.75. The number of sulfonamides is 1. The minimum atomic E-state index is -3.23. The molecule has 5 heteroatoms. The van der Waals surface area contributed by atoms with Crippen LogP contribution in [0, 0.1) is 0 Å². The van der Waals surface area contributed by atoms with Crippen molar-refractivity contribution in [3.05, 3.63) is 0 Å². The highest BCUT2D eigenvalue weighted by atomic mass is 32.2. The maximum atomic E-state index is 10.5. The topological polar surface area (TPSA) is 63.2 Å². The van der Waals surface area contributed by atoms with E-state index >= 15 is 0 Å². The molecule has 0 radical (unpaired) electrons. The lowest BCUT2D eigenvalue weighted by Crippen LogP contribution is -2.36. The molecule has 0 aliphatic carbocycles. The minimum Gasteiger partial charge on any atom is -0.274 e. The number of nitrogens with one attached hydrogen (secondary N) is 1. The van der Waals surface area contributed by atoms with Gasteiger partial charge in [0.1, 0.15) is 0 Å². The number of amides is 1. The van der Waals surface area contributed by atoms with Crippen LogP contribution in [0.3, 0.4) is 0 Å². The third-order valence-electron chi connectivity index (χ3n) is 1.09. The molecule has 0 unspecified atom stereocenters. The van der Waals surface area contributed by atoms with Crippen LogP contribution >= 0.6 is 0 Å². The molecule has 0 aromatic carbocycles. The molecule has 1 aliphatic heterocycles. The fourth-order valence-electron chi connectivity index (χ4n) is 0.698. The Morgan fingerprint density at radius 3 is 1.85 bits per heavy atom. The van der Waals surface area contributed by atoms with Crippen molar-refractivity contribution in [1.29, 1.82) is 0 Å². The molecule has 1 amide bonds. The van der Waals surface area contributed by atoms with E-state index in [2.05, 4.69) is 0 Å². The van der Waals surface area contributed by atoms with Crippen LogP contribution in [-0.2, 0) is 14.8 Å². The summed E-state index contributed by atoms with van der Waals surface area (Å²) in [5, 5.41) is 0. The highest BCUT2D eigenvalue weighted by Crippen LogP contribution is 2.01. The molecule has 13 heavy (non-hydrogen) atoms. The van der Waals surface area contributed by atoms with Gasteiger partial charge in [0.25, 0.3) is 0 Å². The van der Waals surface area contributed by atoms with E-state index in [1.807, 2.05) is 32.4 Å². The molecule has 0 aromatic rings. The second-order valence-corrected chi connectivity index (χ2v) is 3.79. The Hall–Kier alpha value is -0.580. The van der Waals surface area contributed by atoms with Crippen LogP contribution < -0.4 is 4.72 Å². The van der Waals surface area contributed by atoms with E-state index in [-0.39, 0.29) is 11.7 Å². The SMILES string of the molecule is CC.CC.O=C1CCCS(=O)(=O)N1. The summed E-state index contributed by atoms with van der Waals surface area (Å²) in [6.07, 6.45) is 0.785. The maximum Gasteiger partial charge on any atom is 0.234 e. The van der Waals surface area contributed by atoms with Crippen LogP contribution in [0.4, 0.5) is 0 Å². The Kier molecular flexibility index (Phi) is 9.22. The molecule has 0 atom stereocenters. The van der Waals surface area contributed by atoms with E-state index in [1.165, 1.54) is 0 Å². The van der Waals surface area contributed by atoms with Crippen molar-refractivity contribution in [3.63, 3.8) is 0 Å². The second-order valence-electron chi connectivity index (χ2n) is 1.95. The van der Waals surface area contributed by atoms with Crippen molar-refractivity contribution in [3.8, 4) is 0 Å². The Bertz CT molecular complexity index is 222. The molecule has 0 bridgehead atoms. The molecular weight excluding hydrogens is 190 g/mol. The number of hydrogen-bond donors (Lipinski definition) is 1. The average Bonchev–Trinajstić information content (AvgIpc) is 2.09. The first kappa shape index (κ1) is 14.9. The van der Waals surface area contributed by atoms with Crippen molar-refractivity contribution in [1.82, 2.24) is 4.72 Å². The zero-order chi connectivity index (χ0) is 10.9. The van der Waals surface area contributed by atoms with Gasteiger partial charge in [-0.2, -0.15) is 0 Å². The van der Waals surface area contributed by atoms with E-state index in [0.29, 0.717) is 12.8 Å². The Labute approximate surface area is 80.8 Å². The van der Waals surface area contributed by atoms with Gasteiger partial charge in [0.2, 0.25) is 15.9 Å². The first-order valence-corrected chi connectivity index (χ1v) is 6.29. The van der Waals surface area contributed by atoms with Gasteiger partial charge in [0.05, 0.1) is 5.75 Å². The minimum absolute atomic E-state index is 0.0821. The molecular formula is C8H19NO3S. The van der Waals surface area contributed by atoms with Gasteiger partial charge in [-0.25, -0.2) is 8.42 Å². The summed E-state index contributed by atoms with van der Waals surface area (Å²) in [5.74, 6) is -0.306. The molecule has 1 heterocycles. The van der Waals surface area contributed by atoms with Crippen LogP contribution in [-0.4, -0.2) is 20.1 Å². The average molecular weight is 209 g/mol. The standard InChI is InChI=1S/C4H7NO3S.2C2H6/c6-4-2-1-3-9(7,8)5-4;2*1-2/h1-3H2,(H,5,6);2*1-2H3. The van der Waals surface area contributed by atoms with Crippen LogP contribution in [0.25, 0.3) is 0 Å². The predicted molar refractivity (Wildman–Crippen MR) is 53.9 cm³/mol. The van der Waals surface area contributed by atoms with Gasteiger partial charge < -0.3 is 0 Å². The third kappa shape index (κ3) is 7.77. The Balaban J connectivity index is 0. The molecule has 1 fully saturated rings. The first-order chi connectivity index (χ1) is 6.10. The molecule has 1 saturated heterocycles. The maximum absolute atomic E-state index is 10.5. The Morgan fingerprint density at radius 2 is 1.62 bits per heavy atom. The number of hydrogen-bond acceptors (Lipinski definition) is 3. The zero-order valence-corrected chi connectivity index (χ0v) is 9.57. The van der Waals surface area contributed by atoms with E-state index < -0.39 is 10.0 Å². The smallest absolute Gasteiger partial charge is 0.234 e. The van der Waals surface area contributed by atoms with Crippen molar-refractivity contribution in [2.45, 2.75) is 40.5 Å². The predicted octanol–water partition coefficient (Wildman–Crippen LogP) is 1.28. The van der Waals surface area contributed by atoms with Gasteiger partial charge in [-0.3, -0.25) is 9.52 Å². The van der Waals surface area contributed by atoms with Crippen LogP contribution in [0.1, 0.15) is 40.5 Å². The van der Waals surface area contributed by atoms with Crippen molar-refractivity contribution >= 4 is 15.9 Å². The fourth-order valence-corrected chi connectivity index (χ4v) is 1.77. The van der Waals surface area contributed by atoms with Gasteiger partial charge in [-0.05, 0) is 6.42 Å². The van der Waals surface area contributed by atoms with Gasteiger partial charge in [-0.15, -0.1) is 0 Å². The monoisotopic (exact) mass is 209 g/mol. The third-order valence-corrected chi connectivity index (χ3v) is 2.45. The van der Waals surface area contributed by atoms with E-state index in [1.54, 1.807) is 0 Å². The number of carbonyl (C=O) groups is 1. The molecule has 0 spiro atoms. The highest BCUT2D eigenvalue weighted by Gasteiger charge is 2.19. The summed E-state index contributed by atoms with van der Waals surface area (Å²) in [6.45, 7) is 8.00. The molecule has 80 valence electrons. The summed E-state index contributed by atoms with van der Waals surface area (Å²) >= 11 is 0. The number of rotatable bonds is 0. The summed E-state index contributed by atoms with van der Waals surface area (Å²) in [7, 11) is -3.23. The second kappa shape index (κ2) is 8.04. The summed E-state index contributed by atoms with van der Waals surface area (Å²) in [5.41, 5.74) is 0. The Morgan fingerprint density at radius 1 is 1.15 bits per heavy atom. The number of carbonyl (C=O) groups excluding carboxylic acids is 1. The van der Waals surface area contributed by atoms with Crippen LogP contribution in [0.15, 0.2) is 0 Å². The summed E-state index contributed by atoms with van der Waals surface area (Å²) < 4.78 is 22.9. The fraction of sp³-hybridized carbons (Fsp3) is 0.875. The molecule has 0 saturated carbocycles. The van der Waals surface area contributed by atoms with E-state index in [4.69, 9.17) is 0 Å². The molecule has 1 N–H and O–H groups in total.